The van der Waals surface area contributed by atoms with Crippen LogP contribution in [0.25, 0.3) is 22.0 Å². The molecule has 0 fully saturated rings. The minimum Gasteiger partial charge on any atom is -0.382 e. The van der Waals surface area contributed by atoms with Crippen LogP contribution >= 0.6 is 0 Å². The fourth-order valence-electron chi connectivity index (χ4n) is 3.34. The number of hydrogen-bond acceptors (Lipinski definition) is 6. The standard InChI is InChI=1S/C22H16F2N6/c23-15-3-1-2-13(8-15)20-14(11-28-19-5-4-16(24)9-17(19)20)6-7-27-22-18(10-25)21(26)29-12-30-22/h1-5,8-9,11-12H,6-7H2,(H3,26,27,29,30). The first kappa shape index (κ1) is 19.2. The molecule has 3 N–H and O–H groups in total. The van der Waals surface area contributed by atoms with Crippen LogP contribution in [0.3, 0.4) is 0 Å². The predicted molar refractivity (Wildman–Crippen MR) is 110 cm³/mol. The molecule has 0 aliphatic carbocycles. The van der Waals surface area contributed by atoms with Crippen molar-refractivity contribution >= 4 is 22.5 Å². The Labute approximate surface area is 171 Å². The van der Waals surface area contributed by atoms with E-state index >= 15 is 0 Å². The lowest BCUT2D eigenvalue weighted by Gasteiger charge is -2.14. The number of hydrogen-bond donors (Lipinski definition) is 2. The molecule has 0 radical (unpaired) electrons. The summed E-state index contributed by atoms with van der Waals surface area (Å²) in [7, 11) is 0. The summed E-state index contributed by atoms with van der Waals surface area (Å²) in [5.41, 5.74) is 8.63. The topological polar surface area (TPSA) is 101 Å². The fraction of sp³-hybridized carbons (Fsp3) is 0.0909. The molecule has 2 heterocycles. The summed E-state index contributed by atoms with van der Waals surface area (Å²) < 4.78 is 27.9. The van der Waals surface area contributed by atoms with E-state index in [-0.39, 0.29) is 17.2 Å². The first-order valence-corrected chi connectivity index (χ1v) is 9.14. The third-order valence-corrected chi connectivity index (χ3v) is 4.70. The lowest BCUT2D eigenvalue weighted by Crippen LogP contribution is -2.10. The van der Waals surface area contributed by atoms with Gasteiger partial charge in [0.1, 0.15) is 41.2 Å². The molecule has 0 aliphatic rings. The first-order chi connectivity index (χ1) is 14.6. The average molecular weight is 402 g/mol. The van der Waals surface area contributed by atoms with E-state index in [1.54, 1.807) is 24.4 Å². The Morgan fingerprint density at radius 3 is 2.67 bits per heavy atom. The highest BCUT2D eigenvalue weighted by Crippen LogP contribution is 2.32. The Morgan fingerprint density at radius 1 is 1.03 bits per heavy atom. The molecule has 148 valence electrons. The van der Waals surface area contributed by atoms with Gasteiger partial charge in [0.15, 0.2) is 0 Å². The number of nitriles is 1. The molecule has 4 aromatic rings. The minimum atomic E-state index is -0.396. The zero-order chi connectivity index (χ0) is 21.1. The molecule has 2 aromatic heterocycles. The number of nitrogens with zero attached hydrogens (tertiary/aromatic N) is 4. The van der Waals surface area contributed by atoms with Crippen molar-refractivity contribution in [1.82, 2.24) is 15.0 Å². The summed E-state index contributed by atoms with van der Waals surface area (Å²) in [6, 6.07) is 12.5. The molecule has 0 saturated heterocycles. The summed E-state index contributed by atoms with van der Waals surface area (Å²) in [5.74, 6) is -0.351. The van der Waals surface area contributed by atoms with E-state index in [9.17, 15) is 14.0 Å². The molecular formula is C22H16F2N6. The quantitative estimate of drug-likeness (QED) is 0.522. The van der Waals surface area contributed by atoms with Crippen LogP contribution in [0.2, 0.25) is 0 Å². The van der Waals surface area contributed by atoms with Crippen molar-refractivity contribution in [1.29, 1.82) is 5.26 Å². The Bertz CT molecular complexity index is 1280. The number of pyridine rings is 1. The largest absolute Gasteiger partial charge is 0.382 e. The molecule has 6 nitrogen and oxygen atoms in total. The van der Waals surface area contributed by atoms with Gasteiger partial charge < -0.3 is 11.1 Å². The van der Waals surface area contributed by atoms with Crippen LogP contribution in [0.1, 0.15) is 11.1 Å². The normalized spacial score (nSPS) is 10.7. The van der Waals surface area contributed by atoms with Gasteiger partial charge in [-0.2, -0.15) is 5.26 Å². The molecule has 0 aliphatic heterocycles. The highest BCUT2D eigenvalue weighted by Gasteiger charge is 2.14. The van der Waals surface area contributed by atoms with Gasteiger partial charge in [-0.25, -0.2) is 18.7 Å². The minimum absolute atomic E-state index is 0.0956. The van der Waals surface area contributed by atoms with Crippen molar-refractivity contribution < 1.29 is 8.78 Å². The molecule has 0 amide bonds. The Morgan fingerprint density at radius 2 is 1.87 bits per heavy atom. The number of fused-ring (bicyclic) bond motifs is 1. The number of nitrogens with one attached hydrogen (secondary N) is 1. The van der Waals surface area contributed by atoms with Crippen molar-refractivity contribution in [2.75, 3.05) is 17.6 Å². The van der Waals surface area contributed by atoms with Crippen LogP contribution in [0.4, 0.5) is 20.4 Å². The molecular weight excluding hydrogens is 386 g/mol. The molecule has 0 saturated carbocycles. The second-order valence-corrected chi connectivity index (χ2v) is 6.60. The third kappa shape index (κ3) is 3.73. The maximum Gasteiger partial charge on any atom is 0.149 e. The van der Waals surface area contributed by atoms with Gasteiger partial charge in [0.05, 0.1) is 5.52 Å². The molecule has 0 spiro atoms. The molecule has 0 unspecified atom stereocenters. The van der Waals surface area contributed by atoms with Crippen molar-refractivity contribution in [3.63, 3.8) is 0 Å². The SMILES string of the molecule is N#Cc1c(N)ncnc1NCCc1cnc2ccc(F)cc2c1-c1cccc(F)c1. The molecule has 0 bridgehead atoms. The van der Waals surface area contributed by atoms with Gasteiger partial charge >= 0.3 is 0 Å². The van der Waals surface area contributed by atoms with Gasteiger partial charge in [-0.3, -0.25) is 4.98 Å². The summed E-state index contributed by atoms with van der Waals surface area (Å²) in [4.78, 5) is 12.3. The second kappa shape index (κ2) is 8.09. The summed E-state index contributed by atoms with van der Waals surface area (Å²) in [5, 5.41) is 12.9. The van der Waals surface area contributed by atoms with Crippen LogP contribution in [0.15, 0.2) is 55.0 Å². The number of aromatic nitrogens is 3. The van der Waals surface area contributed by atoms with E-state index in [0.717, 1.165) is 5.56 Å². The number of halogens is 2. The number of benzene rings is 2. The van der Waals surface area contributed by atoms with Crippen LogP contribution in [0, 0.1) is 23.0 Å². The maximum absolute atomic E-state index is 14.0. The van der Waals surface area contributed by atoms with Crippen molar-refractivity contribution in [2.45, 2.75) is 6.42 Å². The summed E-state index contributed by atoms with van der Waals surface area (Å²) >= 11 is 0. The van der Waals surface area contributed by atoms with Crippen LogP contribution in [-0.4, -0.2) is 21.5 Å². The number of rotatable bonds is 5. The van der Waals surface area contributed by atoms with Gasteiger partial charge in [0.25, 0.3) is 0 Å². The lowest BCUT2D eigenvalue weighted by atomic mass is 9.94. The highest BCUT2D eigenvalue weighted by atomic mass is 19.1. The number of nitrogens with two attached hydrogens (primary N) is 1. The van der Waals surface area contributed by atoms with Gasteiger partial charge in [-0.1, -0.05) is 12.1 Å². The Hall–Kier alpha value is -4.12. The smallest absolute Gasteiger partial charge is 0.149 e. The molecule has 30 heavy (non-hydrogen) atoms. The van der Waals surface area contributed by atoms with E-state index in [0.29, 0.717) is 40.8 Å². The van der Waals surface area contributed by atoms with Crippen LogP contribution in [0.5, 0.6) is 0 Å². The van der Waals surface area contributed by atoms with Crippen molar-refractivity contribution in [2.24, 2.45) is 0 Å². The zero-order valence-electron chi connectivity index (χ0n) is 15.7. The third-order valence-electron chi connectivity index (χ3n) is 4.70. The Balaban J connectivity index is 1.72. The predicted octanol–water partition coefficient (Wildman–Crippen LogP) is 4.08. The Kier molecular flexibility index (Phi) is 5.18. The second-order valence-electron chi connectivity index (χ2n) is 6.60. The van der Waals surface area contributed by atoms with E-state index in [1.807, 2.05) is 6.07 Å². The van der Waals surface area contributed by atoms with Crippen molar-refractivity contribution in [3.05, 3.63) is 77.8 Å². The monoisotopic (exact) mass is 402 g/mol. The molecule has 8 heteroatoms. The van der Waals surface area contributed by atoms with E-state index in [2.05, 4.69) is 20.3 Å². The van der Waals surface area contributed by atoms with Gasteiger partial charge in [-0.15, -0.1) is 0 Å². The zero-order valence-corrected chi connectivity index (χ0v) is 15.7. The van der Waals surface area contributed by atoms with Crippen LogP contribution < -0.4 is 11.1 Å². The van der Waals surface area contributed by atoms with Crippen LogP contribution in [-0.2, 0) is 6.42 Å². The fourth-order valence-corrected chi connectivity index (χ4v) is 3.34. The van der Waals surface area contributed by atoms with E-state index in [1.165, 1.54) is 30.6 Å². The average Bonchev–Trinajstić information content (AvgIpc) is 2.73. The molecule has 4 rings (SSSR count). The first-order valence-electron chi connectivity index (χ1n) is 9.14. The number of nitrogen functional groups attached to an aromatic ring is 1. The molecule has 0 atom stereocenters. The van der Waals surface area contributed by atoms with E-state index in [4.69, 9.17) is 5.73 Å². The van der Waals surface area contributed by atoms with Gasteiger partial charge in [0.2, 0.25) is 0 Å². The van der Waals surface area contributed by atoms with E-state index < -0.39 is 5.82 Å². The maximum atomic E-state index is 14.0. The summed E-state index contributed by atoms with van der Waals surface area (Å²) in [6.07, 6.45) is 3.44. The number of anilines is 2. The van der Waals surface area contributed by atoms with Gasteiger partial charge in [0, 0.05) is 18.1 Å². The molecule has 2 aromatic carbocycles. The van der Waals surface area contributed by atoms with Crippen molar-refractivity contribution in [3.8, 4) is 17.2 Å². The lowest BCUT2D eigenvalue weighted by molar-refractivity contribution is 0.628. The van der Waals surface area contributed by atoms with Gasteiger partial charge in [-0.05, 0) is 53.4 Å². The highest BCUT2D eigenvalue weighted by molar-refractivity contribution is 5.96. The summed E-state index contributed by atoms with van der Waals surface area (Å²) in [6.45, 7) is 0.399.